The van der Waals surface area contributed by atoms with Crippen molar-refractivity contribution >= 4 is 39.3 Å². The summed E-state index contributed by atoms with van der Waals surface area (Å²) in [6, 6.07) is 4.14. The van der Waals surface area contributed by atoms with Gasteiger partial charge < -0.3 is 10.5 Å². The first-order valence-electron chi connectivity index (χ1n) is 4.27. The van der Waals surface area contributed by atoms with Gasteiger partial charge in [-0.15, -0.1) is 0 Å². The quantitative estimate of drug-likeness (QED) is 0.713. The van der Waals surface area contributed by atoms with Crippen molar-refractivity contribution in [2.24, 2.45) is 0 Å². The van der Waals surface area contributed by atoms with E-state index >= 15 is 0 Å². The summed E-state index contributed by atoms with van der Waals surface area (Å²) in [5, 5.41) is 0.300. The molecule has 0 bridgehead atoms. The highest BCUT2D eigenvalue weighted by molar-refractivity contribution is 7.91. The van der Waals surface area contributed by atoms with Crippen LogP contribution in [0.2, 0.25) is 5.02 Å². The van der Waals surface area contributed by atoms with Crippen LogP contribution in [0.25, 0.3) is 0 Å². The maximum atomic E-state index is 11.4. The van der Waals surface area contributed by atoms with Crippen LogP contribution in [0.3, 0.4) is 0 Å². The lowest BCUT2D eigenvalue weighted by molar-refractivity contribution is 0.177. The lowest BCUT2D eigenvalue weighted by Gasteiger charge is -2.09. The van der Waals surface area contributed by atoms with E-state index in [0.29, 0.717) is 5.02 Å². The molecule has 1 aromatic carbocycles. The predicted molar refractivity (Wildman–Crippen MR) is 63.9 cm³/mol. The van der Waals surface area contributed by atoms with Gasteiger partial charge in [-0.3, -0.25) is 4.72 Å². The molecule has 0 radical (unpaired) electrons. The van der Waals surface area contributed by atoms with Crippen molar-refractivity contribution in [3.63, 3.8) is 0 Å². The van der Waals surface area contributed by atoms with E-state index in [1.165, 1.54) is 18.2 Å². The topological polar surface area (TPSA) is 111 Å². The van der Waals surface area contributed by atoms with Gasteiger partial charge in [0, 0.05) is 0 Å². The molecule has 1 aromatic rings. The van der Waals surface area contributed by atoms with Crippen molar-refractivity contribution in [3.8, 4) is 0 Å². The van der Waals surface area contributed by atoms with Crippen LogP contribution in [0, 0.1) is 0 Å². The summed E-state index contributed by atoms with van der Waals surface area (Å²) in [6.07, 6.45) is -1.10. The van der Waals surface area contributed by atoms with Gasteiger partial charge in [0.1, 0.15) is 0 Å². The van der Waals surface area contributed by atoms with Gasteiger partial charge in [0.25, 0.3) is 0 Å². The standard InChI is InChI=1S/C8H10ClN3O4S/c1-16-8(13)12-17(14,15)11-5-2-3-6(9)7(10)4-5/h2-4,11H,10H2,1H3,(H,12,13). The molecular formula is C8H10ClN3O4S. The first kappa shape index (κ1) is 13.4. The Kier molecular flexibility index (Phi) is 4.02. The molecule has 0 aliphatic carbocycles. The summed E-state index contributed by atoms with van der Waals surface area (Å²) in [6.45, 7) is 0. The van der Waals surface area contributed by atoms with Gasteiger partial charge in [0.2, 0.25) is 0 Å². The van der Waals surface area contributed by atoms with E-state index in [2.05, 4.69) is 9.46 Å². The number of halogens is 1. The van der Waals surface area contributed by atoms with E-state index in [1.807, 2.05) is 0 Å². The molecule has 0 saturated carbocycles. The van der Waals surface area contributed by atoms with Crippen LogP contribution in [-0.4, -0.2) is 21.6 Å². The summed E-state index contributed by atoms with van der Waals surface area (Å²) in [5.74, 6) is 0. The molecular weight excluding hydrogens is 270 g/mol. The zero-order valence-corrected chi connectivity index (χ0v) is 10.3. The number of nitrogens with one attached hydrogen (secondary N) is 2. The molecule has 0 unspecified atom stereocenters. The zero-order chi connectivity index (χ0) is 13.1. The molecule has 17 heavy (non-hydrogen) atoms. The summed E-state index contributed by atoms with van der Waals surface area (Å²) in [5.41, 5.74) is 5.87. The molecule has 9 heteroatoms. The Balaban J connectivity index is 2.83. The molecule has 0 fully saturated rings. The summed E-state index contributed by atoms with van der Waals surface area (Å²) in [4.78, 5) is 10.7. The number of hydrogen-bond donors (Lipinski definition) is 3. The number of carbonyl (C=O) groups is 1. The average Bonchev–Trinajstić information content (AvgIpc) is 2.22. The van der Waals surface area contributed by atoms with Crippen molar-refractivity contribution in [2.45, 2.75) is 0 Å². The molecule has 0 aliphatic rings. The Hall–Kier alpha value is -1.67. The second-order valence-corrected chi connectivity index (χ2v) is 4.76. The Morgan fingerprint density at radius 2 is 2.12 bits per heavy atom. The largest absolute Gasteiger partial charge is 0.452 e. The number of methoxy groups -OCH3 is 1. The van der Waals surface area contributed by atoms with E-state index in [9.17, 15) is 13.2 Å². The van der Waals surface area contributed by atoms with Gasteiger partial charge in [-0.05, 0) is 18.2 Å². The first-order valence-corrected chi connectivity index (χ1v) is 6.13. The Labute approximate surface area is 103 Å². The van der Waals surface area contributed by atoms with Crippen LogP contribution in [0.1, 0.15) is 0 Å². The van der Waals surface area contributed by atoms with Gasteiger partial charge in [-0.25, -0.2) is 9.52 Å². The van der Waals surface area contributed by atoms with Gasteiger partial charge in [0.15, 0.2) is 0 Å². The second-order valence-electron chi connectivity index (χ2n) is 2.94. The number of nitrogens with two attached hydrogens (primary N) is 1. The van der Waals surface area contributed by atoms with E-state index in [1.54, 1.807) is 4.72 Å². The zero-order valence-electron chi connectivity index (χ0n) is 8.73. The van der Waals surface area contributed by atoms with Crippen LogP contribution in [0.5, 0.6) is 0 Å². The van der Waals surface area contributed by atoms with Crippen LogP contribution >= 0.6 is 11.6 Å². The van der Waals surface area contributed by atoms with Gasteiger partial charge in [-0.1, -0.05) is 11.6 Å². The highest BCUT2D eigenvalue weighted by atomic mass is 35.5. The van der Waals surface area contributed by atoms with Crippen LogP contribution < -0.4 is 15.2 Å². The molecule has 0 saturated heterocycles. The second kappa shape index (κ2) is 5.11. The lowest BCUT2D eigenvalue weighted by atomic mass is 10.3. The minimum absolute atomic E-state index is 0.170. The minimum Gasteiger partial charge on any atom is -0.452 e. The molecule has 94 valence electrons. The minimum atomic E-state index is -4.05. The van der Waals surface area contributed by atoms with Crippen LogP contribution in [0.15, 0.2) is 18.2 Å². The average molecular weight is 280 g/mol. The summed E-state index contributed by atoms with van der Waals surface area (Å²) < 4.78 is 30.6. The lowest BCUT2D eigenvalue weighted by Crippen LogP contribution is -2.35. The smallest absolute Gasteiger partial charge is 0.422 e. The SMILES string of the molecule is COC(=O)NS(=O)(=O)Nc1ccc(Cl)c(N)c1. The number of carbonyl (C=O) groups excluding carboxylic acids is 1. The fourth-order valence-corrected chi connectivity index (χ4v) is 1.85. The third-order valence-corrected chi connectivity index (χ3v) is 2.94. The summed E-state index contributed by atoms with van der Waals surface area (Å²) in [7, 11) is -3.00. The Morgan fingerprint density at radius 3 is 2.65 bits per heavy atom. The highest BCUT2D eigenvalue weighted by Crippen LogP contribution is 2.22. The van der Waals surface area contributed by atoms with Crippen molar-refractivity contribution in [1.82, 2.24) is 4.72 Å². The molecule has 0 aromatic heterocycles. The number of rotatable bonds is 3. The monoisotopic (exact) mass is 279 g/mol. The predicted octanol–water partition coefficient (Wildman–Crippen LogP) is 0.935. The van der Waals surface area contributed by atoms with E-state index in [-0.39, 0.29) is 11.4 Å². The molecule has 0 aliphatic heterocycles. The third kappa shape index (κ3) is 4.00. The van der Waals surface area contributed by atoms with Crippen molar-refractivity contribution < 1.29 is 17.9 Å². The highest BCUT2D eigenvalue weighted by Gasteiger charge is 2.14. The number of benzene rings is 1. The molecule has 1 rings (SSSR count). The van der Waals surface area contributed by atoms with Crippen LogP contribution in [0.4, 0.5) is 16.2 Å². The first-order chi connectivity index (χ1) is 7.84. The molecule has 0 heterocycles. The number of anilines is 2. The van der Waals surface area contributed by atoms with Crippen molar-refractivity contribution in [1.29, 1.82) is 0 Å². The van der Waals surface area contributed by atoms with Crippen molar-refractivity contribution in [3.05, 3.63) is 23.2 Å². The van der Waals surface area contributed by atoms with Gasteiger partial charge in [-0.2, -0.15) is 8.42 Å². The number of ether oxygens (including phenoxy) is 1. The maximum Gasteiger partial charge on any atom is 0.422 e. The van der Waals surface area contributed by atoms with Gasteiger partial charge >= 0.3 is 16.3 Å². The fraction of sp³-hybridized carbons (Fsp3) is 0.125. The molecule has 1 amide bonds. The molecule has 0 spiro atoms. The molecule has 0 atom stereocenters. The van der Waals surface area contributed by atoms with Crippen LogP contribution in [-0.2, 0) is 14.9 Å². The van der Waals surface area contributed by atoms with E-state index in [4.69, 9.17) is 17.3 Å². The van der Waals surface area contributed by atoms with Gasteiger partial charge in [0.05, 0.1) is 23.5 Å². The number of hydrogen-bond acceptors (Lipinski definition) is 5. The molecule has 4 N–H and O–H groups in total. The normalized spacial score (nSPS) is 10.7. The van der Waals surface area contributed by atoms with Crippen molar-refractivity contribution in [2.75, 3.05) is 17.6 Å². The Bertz CT molecular complexity index is 532. The maximum absolute atomic E-state index is 11.4. The van der Waals surface area contributed by atoms with E-state index < -0.39 is 16.3 Å². The third-order valence-electron chi connectivity index (χ3n) is 1.65. The fourth-order valence-electron chi connectivity index (χ4n) is 0.939. The summed E-state index contributed by atoms with van der Waals surface area (Å²) >= 11 is 5.67. The molecule has 7 nitrogen and oxygen atoms in total. The number of amides is 1. The van der Waals surface area contributed by atoms with E-state index in [0.717, 1.165) is 7.11 Å². The number of nitrogen functional groups attached to an aromatic ring is 1. The Morgan fingerprint density at radius 1 is 1.47 bits per heavy atom.